The molecule has 0 aromatic heterocycles. The molecular formula is C15H22ClNO. The third kappa shape index (κ3) is 3.47. The highest BCUT2D eigenvalue weighted by Gasteiger charge is 2.23. The highest BCUT2D eigenvalue weighted by atomic mass is 35.5. The van der Waals surface area contributed by atoms with E-state index in [0.29, 0.717) is 18.2 Å². The topological polar surface area (TPSA) is 21.3 Å². The normalized spacial score (nSPS) is 25.9. The molecule has 1 fully saturated rings. The van der Waals surface area contributed by atoms with Crippen LogP contribution in [0.1, 0.15) is 44.7 Å². The largest absolute Gasteiger partial charge is 0.378 e. The minimum Gasteiger partial charge on any atom is -0.378 e. The fourth-order valence-electron chi connectivity index (χ4n) is 2.59. The lowest BCUT2D eigenvalue weighted by molar-refractivity contribution is -0.00165. The molecule has 2 unspecified atom stereocenters. The minimum atomic E-state index is 0.291. The number of hydrogen-bond acceptors (Lipinski definition) is 2. The molecule has 2 nitrogen and oxygen atoms in total. The molecule has 1 saturated heterocycles. The molecule has 0 aliphatic carbocycles. The maximum Gasteiger partial charge on any atom is 0.0587 e. The molecular weight excluding hydrogens is 246 g/mol. The van der Waals surface area contributed by atoms with Crippen LogP contribution in [0.15, 0.2) is 24.3 Å². The van der Waals surface area contributed by atoms with Gasteiger partial charge in [0.1, 0.15) is 0 Å². The lowest BCUT2D eigenvalue weighted by Crippen LogP contribution is -2.40. The van der Waals surface area contributed by atoms with Crippen LogP contribution < -0.4 is 5.32 Å². The highest BCUT2D eigenvalue weighted by Crippen LogP contribution is 2.25. The van der Waals surface area contributed by atoms with Crippen LogP contribution in [-0.2, 0) is 4.74 Å². The molecule has 1 aromatic carbocycles. The van der Waals surface area contributed by atoms with E-state index in [-0.39, 0.29) is 0 Å². The zero-order valence-corrected chi connectivity index (χ0v) is 11.9. The van der Waals surface area contributed by atoms with Crippen LogP contribution in [0.5, 0.6) is 0 Å². The second kappa shape index (κ2) is 6.55. The quantitative estimate of drug-likeness (QED) is 0.892. The molecule has 1 heterocycles. The van der Waals surface area contributed by atoms with Crippen molar-refractivity contribution in [1.82, 2.24) is 5.32 Å². The summed E-state index contributed by atoms with van der Waals surface area (Å²) in [6, 6.07) is 8.89. The van der Waals surface area contributed by atoms with E-state index >= 15 is 0 Å². The van der Waals surface area contributed by atoms with E-state index in [1.165, 1.54) is 5.56 Å². The van der Waals surface area contributed by atoms with Crippen LogP contribution in [0, 0.1) is 0 Å². The molecule has 0 radical (unpaired) electrons. The second-order valence-electron chi connectivity index (χ2n) is 5.03. The maximum absolute atomic E-state index is 6.23. The first-order valence-electron chi connectivity index (χ1n) is 6.82. The van der Waals surface area contributed by atoms with Gasteiger partial charge in [0.05, 0.1) is 6.10 Å². The molecule has 3 heteroatoms. The van der Waals surface area contributed by atoms with E-state index in [4.69, 9.17) is 16.3 Å². The summed E-state index contributed by atoms with van der Waals surface area (Å²) in [6.07, 6.45) is 3.70. The van der Waals surface area contributed by atoms with E-state index in [0.717, 1.165) is 30.9 Å². The van der Waals surface area contributed by atoms with Gasteiger partial charge in [0.15, 0.2) is 0 Å². The Morgan fingerprint density at radius 3 is 2.94 bits per heavy atom. The van der Waals surface area contributed by atoms with E-state index in [1.54, 1.807) is 0 Å². The number of hydrogen-bond donors (Lipinski definition) is 1. The fraction of sp³-hybridized carbons (Fsp3) is 0.600. The van der Waals surface area contributed by atoms with Crippen molar-refractivity contribution >= 4 is 11.6 Å². The van der Waals surface area contributed by atoms with Crippen LogP contribution in [0.2, 0.25) is 5.02 Å². The first kappa shape index (κ1) is 13.9. The van der Waals surface area contributed by atoms with Crippen LogP contribution in [-0.4, -0.2) is 18.8 Å². The third-order valence-electron chi connectivity index (χ3n) is 3.68. The Morgan fingerprint density at radius 1 is 1.44 bits per heavy atom. The molecule has 2 rings (SSSR count). The van der Waals surface area contributed by atoms with Gasteiger partial charge in [-0.2, -0.15) is 0 Å². The SMILES string of the molecule is CCC1CC(N[C@@H](C)c2ccccc2Cl)CCO1. The maximum atomic E-state index is 6.23. The van der Waals surface area contributed by atoms with Gasteiger partial charge >= 0.3 is 0 Å². The zero-order valence-electron chi connectivity index (χ0n) is 11.2. The Morgan fingerprint density at radius 2 is 2.22 bits per heavy atom. The minimum absolute atomic E-state index is 0.291. The monoisotopic (exact) mass is 267 g/mol. The van der Waals surface area contributed by atoms with Crippen LogP contribution >= 0.6 is 11.6 Å². The standard InChI is InChI=1S/C15H22ClNO/c1-3-13-10-12(8-9-18-13)17-11(2)14-6-4-5-7-15(14)16/h4-7,11-13,17H,3,8-10H2,1-2H3/t11-,12?,13?/m0/s1. The zero-order chi connectivity index (χ0) is 13.0. The Hall–Kier alpha value is -0.570. The molecule has 0 spiro atoms. The number of rotatable bonds is 4. The number of nitrogens with one attached hydrogen (secondary N) is 1. The average Bonchev–Trinajstić information content (AvgIpc) is 2.39. The van der Waals surface area contributed by atoms with Gasteiger partial charge in [-0.1, -0.05) is 36.7 Å². The van der Waals surface area contributed by atoms with Gasteiger partial charge in [0, 0.05) is 23.7 Å². The Bertz CT molecular complexity index is 383. The van der Waals surface area contributed by atoms with Gasteiger partial charge in [-0.15, -0.1) is 0 Å². The van der Waals surface area contributed by atoms with Crippen molar-refractivity contribution in [2.24, 2.45) is 0 Å². The lowest BCUT2D eigenvalue weighted by Gasteiger charge is -2.32. The number of benzene rings is 1. The van der Waals surface area contributed by atoms with Gasteiger partial charge in [-0.25, -0.2) is 0 Å². The molecule has 0 bridgehead atoms. The molecule has 100 valence electrons. The van der Waals surface area contributed by atoms with Crippen molar-refractivity contribution in [2.45, 2.75) is 51.3 Å². The summed E-state index contributed by atoms with van der Waals surface area (Å²) < 4.78 is 5.70. The van der Waals surface area contributed by atoms with Gasteiger partial charge in [0.25, 0.3) is 0 Å². The van der Waals surface area contributed by atoms with E-state index in [1.807, 2.05) is 18.2 Å². The van der Waals surface area contributed by atoms with Crippen molar-refractivity contribution in [1.29, 1.82) is 0 Å². The fourth-order valence-corrected chi connectivity index (χ4v) is 2.89. The smallest absolute Gasteiger partial charge is 0.0587 e. The van der Waals surface area contributed by atoms with Crippen molar-refractivity contribution in [3.05, 3.63) is 34.9 Å². The molecule has 3 atom stereocenters. The summed E-state index contributed by atoms with van der Waals surface area (Å²) in [5, 5.41) is 4.52. The predicted octanol–water partition coefficient (Wildman–Crippen LogP) is 3.95. The number of ether oxygens (including phenoxy) is 1. The van der Waals surface area contributed by atoms with E-state index < -0.39 is 0 Å². The van der Waals surface area contributed by atoms with E-state index in [2.05, 4.69) is 25.2 Å². The van der Waals surface area contributed by atoms with Crippen LogP contribution in [0.25, 0.3) is 0 Å². The van der Waals surface area contributed by atoms with Crippen LogP contribution in [0.4, 0.5) is 0 Å². The van der Waals surface area contributed by atoms with Crippen LogP contribution in [0.3, 0.4) is 0 Å². The molecule has 1 aliphatic rings. The highest BCUT2D eigenvalue weighted by molar-refractivity contribution is 6.31. The summed E-state index contributed by atoms with van der Waals surface area (Å²) in [7, 11) is 0. The summed E-state index contributed by atoms with van der Waals surface area (Å²) in [5.74, 6) is 0. The summed E-state index contributed by atoms with van der Waals surface area (Å²) >= 11 is 6.23. The summed E-state index contributed by atoms with van der Waals surface area (Å²) in [4.78, 5) is 0. The van der Waals surface area contributed by atoms with Gasteiger partial charge < -0.3 is 10.1 Å². The van der Waals surface area contributed by atoms with Crippen molar-refractivity contribution in [3.63, 3.8) is 0 Å². The number of halogens is 1. The van der Waals surface area contributed by atoms with Crippen molar-refractivity contribution in [3.8, 4) is 0 Å². The average molecular weight is 268 g/mol. The predicted molar refractivity (Wildman–Crippen MR) is 76.1 cm³/mol. The first-order valence-corrected chi connectivity index (χ1v) is 7.20. The summed E-state index contributed by atoms with van der Waals surface area (Å²) in [5.41, 5.74) is 1.18. The van der Waals surface area contributed by atoms with Gasteiger partial charge in [-0.05, 0) is 37.8 Å². The molecule has 1 aliphatic heterocycles. The lowest BCUT2D eigenvalue weighted by atomic mass is 9.99. The third-order valence-corrected chi connectivity index (χ3v) is 4.02. The molecule has 0 amide bonds. The van der Waals surface area contributed by atoms with Crippen molar-refractivity contribution in [2.75, 3.05) is 6.61 Å². The Kier molecular flexibility index (Phi) is 5.04. The molecule has 0 saturated carbocycles. The molecule has 18 heavy (non-hydrogen) atoms. The van der Waals surface area contributed by atoms with Gasteiger partial charge in [-0.3, -0.25) is 0 Å². The Balaban J connectivity index is 1.95. The van der Waals surface area contributed by atoms with E-state index in [9.17, 15) is 0 Å². The van der Waals surface area contributed by atoms with Crippen molar-refractivity contribution < 1.29 is 4.74 Å². The second-order valence-corrected chi connectivity index (χ2v) is 5.44. The first-order chi connectivity index (χ1) is 8.70. The Labute approximate surface area is 115 Å². The summed E-state index contributed by atoms with van der Waals surface area (Å²) in [6.45, 7) is 5.23. The molecule has 1 aromatic rings. The molecule has 1 N–H and O–H groups in total. The van der Waals surface area contributed by atoms with Gasteiger partial charge in [0.2, 0.25) is 0 Å².